The Kier molecular flexibility index (Phi) is 2.64. The molecule has 3 saturated carbocycles. The minimum atomic E-state index is -0.986. The molecule has 4 fully saturated rings. The van der Waals surface area contributed by atoms with Crippen LogP contribution < -0.4 is 10.1 Å². The second-order valence-corrected chi connectivity index (χ2v) is 6.53. The average molecular weight is 303 g/mol. The molecule has 1 aromatic rings. The molecule has 0 radical (unpaired) electrons. The summed E-state index contributed by atoms with van der Waals surface area (Å²) in [5, 5.41) is 11.4. The first-order chi connectivity index (χ1) is 10.5. The van der Waals surface area contributed by atoms with Crippen LogP contribution in [0.5, 0.6) is 5.75 Å². The van der Waals surface area contributed by atoms with Gasteiger partial charge in [-0.1, -0.05) is 0 Å². The number of hydrogen-bond donors (Lipinski definition) is 2. The second-order valence-electron chi connectivity index (χ2n) is 6.53. The van der Waals surface area contributed by atoms with Crippen LogP contribution in [0.4, 0.5) is 4.79 Å². The van der Waals surface area contributed by atoms with E-state index in [-0.39, 0.29) is 17.0 Å². The number of pyridine rings is 1. The van der Waals surface area contributed by atoms with E-state index in [4.69, 9.17) is 9.84 Å². The highest BCUT2D eigenvalue weighted by molar-refractivity contribution is 5.85. The molecule has 5 rings (SSSR count). The van der Waals surface area contributed by atoms with Gasteiger partial charge in [-0.25, -0.2) is 4.79 Å². The molecule has 1 aromatic heterocycles. The highest BCUT2D eigenvalue weighted by Crippen LogP contribution is 2.64. The fraction of sp³-hybridized carbons (Fsp3) is 0.533. The predicted octanol–water partition coefficient (Wildman–Crippen LogP) is 1.00. The van der Waals surface area contributed by atoms with Crippen molar-refractivity contribution in [3.8, 4) is 5.75 Å². The molecule has 1 atom stereocenters. The fourth-order valence-corrected chi connectivity index (χ4v) is 4.20. The molecule has 0 aromatic carbocycles. The molecular formula is C15H17N3O4. The molecular weight excluding hydrogens is 286 g/mol. The fourth-order valence-electron chi connectivity index (χ4n) is 4.20. The molecule has 2 bridgehead atoms. The van der Waals surface area contributed by atoms with Gasteiger partial charge in [0.2, 0.25) is 0 Å². The Morgan fingerprint density at radius 2 is 2.05 bits per heavy atom. The molecule has 2 N–H and O–H groups in total. The van der Waals surface area contributed by atoms with E-state index in [9.17, 15) is 9.59 Å². The summed E-state index contributed by atoms with van der Waals surface area (Å²) in [6.45, 7) is 0.678. The predicted molar refractivity (Wildman–Crippen MR) is 75.5 cm³/mol. The first kappa shape index (κ1) is 13.4. The smallest absolute Gasteiger partial charge is 0.405 e. The van der Waals surface area contributed by atoms with E-state index in [1.54, 1.807) is 24.5 Å². The van der Waals surface area contributed by atoms with Crippen LogP contribution in [0.25, 0.3) is 0 Å². The first-order valence-electron chi connectivity index (χ1n) is 7.41. The molecule has 22 heavy (non-hydrogen) atoms. The van der Waals surface area contributed by atoms with Gasteiger partial charge in [0.05, 0.1) is 5.54 Å². The minimum Gasteiger partial charge on any atom is -0.480 e. The zero-order valence-electron chi connectivity index (χ0n) is 12.0. The van der Waals surface area contributed by atoms with Crippen molar-refractivity contribution in [2.24, 2.45) is 0 Å². The van der Waals surface area contributed by atoms with Crippen LogP contribution >= 0.6 is 0 Å². The lowest BCUT2D eigenvalue weighted by Gasteiger charge is -2.72. The molecule has 116 valence electrons. The largest absolute Gasteiger partial charge is 0.480 e. The van der Waals surface area contributed by atoms with E-state index in [1.165, 1.54) is 0 Å². The van der Waals surface area contributed by atoms with Gasteiger partial charge in [-0.3, -0.25) is 9.78 Å². The Balaban J connectivity index is 1.39. The number of rotatable bonds is 4. The molecule has 1 unspecified atom stereocenters. The molecule has 1 saturated heterocycles. The number of carbonyl (C=O) groups excluding carboxylic acids is 1. The molecule has 2 heterocycles. The van der Waals surface area contributed by atoms with E-state index in [2.05, 4.69) is 10.3 Å². The number of ether oxygens (including phenoxy) is 1. The van der Waals surface area contributed by atoms with Crippen molar-refractivity contribution >= 4 is 12.0 Å². The number of aromatic nitrogens is 1. The third kappa shape index (κ3) is 1.84. The Labute approximate surface area is 127 Å². The highest BCUT2D eigenvalue weighted by atomic mass is 16.5. The van der Waals surface area contributed by atoms with E-state index >= 15 is 0 Å². The van der Waals surface area contributed by atoms with Crippen molar-refractivity contribution in [1.82, 2.24) is 15.2 Å². The van der Waals surface area contributed by atoms with Crippen LogP contribution in [-0.2, 0) is 4.79 Å². The van der Waals surface area contributed by atoms with Gasteiger partial charge < -0.3 is 20.1 Å². The van der Waals surface area contributed by atoms with Gasteiger partial charge in [0.1, 0.15) is 5.75 Å². The van der Waals surface area contributed by atoms with Gasteiger partial charge in [-0.15, -0.1) is 0 Å². The molecule has 1 aliphatic heterocycles. The van der Waals surface area contributed by atoms with Crippen molar-refractivity contribution in [3.63, 3.8) is 0 Å². The van der Waals surface area contributed by atoms with Crippen molar-refractivity contribution in [1.29, 1.82) is 0 Å². The molecule has 2 amide bonds. The van der Waals surface area contributed by atoms with Crippen LogP contribution in [0.1, 0.15) is 25.7 Å². The number of hydrogen-bond acceptors (Lipinski definition) is 4. The van der Waals surface area contributed by atoms with Crippen LogP contribution in [0.3, 0.4) is 0 Å². The summed E-state index contributed by atoms with van der Waals surface area (Å²) < 4.78 is 5.75. The third-order valence-corrected chi connectivity index (χ3v) is 5.03. The van der Waals surface area contributed by atoms with E-state index in [1.807, 2.05) is 4.90 Å². The Morgan fingerprint density at radius 3 is 2.68 bits per heavy atom. The zero-order chi connectivity index (χ0) is 15.4. The lowest BCUT2D eigenvalue weighted by Crippen LogP contribution is -2.83. The Bertz CT molecular complexity index is 613. The maximum atomic E-state index is 12.5. The summed E-state index contributed by atoms with van der Waals surface area (Å²) in [5.41, 5.74) is -0.438. The standard InChI is InChI=1S/C15H17N3O4/c19-12-11(22-10-1-4-16-5-2-10)3-6-18(12)15-7-14(8-15,9-15)17-13(20)21/h1-2,4-5,11,17H,3,6-9H2,(H,20,21). The summed E-state index contributed by atoms with van der Waals surface area (Å²) in [6.07, 6.45) is 4.67. The van der Waals surface area contributed by atoms with Gasteiger partial charge in [0.15, 0.2) is 6.10 Å². The van der Waals surface area contributed by atoms with Gasteiger partial charge in [-0.05, 0) is 31.4 Å². The lowest BCUT2D eigenvalue weighted by atomic mass is 9.43. The molecule has 0 spiro atoms. The van der Waals surface area contributed by atoms with Crippen molar-refractivity contribution in [2.75, 3.05) is 6.54 Å². The number of amides is 2. The van der Waals surface area contributed by atoms with Gasteiger partial charge in [0, 0.05) is 30.9 Å². The van der Waals surface area contributed by atoms with Crippen LogP contribution in [-0.4, -0.2) is 50.7 Å². The molecule has 7 heteroatoms. The van der Waals surface area contributed by atoms with Crippen molar-refractivity contribution < 1.29 is 19.4 Å². The normalized spacial score (nSPS) is 35.5. The number of likely N-dealkylation sites (tertiary alicyclic amines) is 1. The van der Waals surface area contributed by atoms with Gasteiger partial charge in [-0.2, -0.15) is 0 Å². The molecule has 4 aliphatic rings. The SMILES string of the molecule is O=C(O)NC12CC(N3CCC(Oc4ccncc4)C3=O)(C1)C2. The second kappa shape index (κ2) is 4.34. The molecule has 3 aliphatic carbocycles. The van der Waals surface area contributed by atoms with Crippen LogP contribution in [0.15, 0.2) is 24.5 Å². The third-order valence-electron chi connectivity index (χ3n) is 5.03. The highest BCUT2D eigenvalue weighted by Gasteiger charge is 2.72. The summed E-state index contributed by atoms with van der Waals surface area (Å²) in [6, 6.07) is 3.48. The quantitative estimate of drug-likeness (QED) is 0.866. The number of nitrogens with one attached hydrogen (secondary N) is 1. The lowest BCUT2D eigenvalue weighted by molar-refractivity contribution is -0.183. The minimum absolute atomic E-state index is 0.0143. The van der Waals surface area contributed by atoms with E-state index in [0.29, 0.717) is 18.7 Å². The summed E-state index contributed by atoms with van der Waals surface area (Å²) >= 11 is 0. The summed E-state index contributed by atoms with van der Waals surface area (Å²) in [4.78, 5) is 29.1. The van der Waals surface area contributed by atoms with Crippen molar-refractivity contribution in [2.45, 2.75) is 42.9 Å². The van der Waals surface area contributed by atoms with Gasteiger partial charge >= 0.3 is 6.09 Å². The zero-order valence-corrected chi connectivity index (χ0v) is 12.0. The maximum absolute atomic E-state index is 12.5. The van der Waals surface area contributed by atoms with Gasteiger partial charge in [0.25, 0.3) is 5.91 Å². The average Bonchev–Trinajstić information content (AvgIpc) is 2.75. The van der Waals surface area contributed by atoms with E-state index < -0.39 is 12.2 Å². The number of carboxylic acid groups (broad SMARTS) is 1. The maximum Gasteiger partial charge on any atom is 0.405 e. The summed E-state index contributed by atoms with van der Waals surface area (Å²) in [7, 11) is 0. The molecule has 7 nitrogen and oxygen atoms in total. The van der Waals surface area contributed by atoms with E-state index in [0.717, 1.165) is 19.3 Å². The first-order valence-corrected chi connectivity index (χ1v) is 7.41. The van der Waals surface area contributed by atoms with Crippen LogP contribution in [0, 0.1) is 0 Å². The topological polar surface area (TPSA) is 91.8 Å². The Morgan fingerprint density at radius 1 is 1.36 bits per heavy atom. The van der Waals surface area contributed by atoms with Crippen LogP contribution in [0.2, 0.25) is 0 Å². The number of carbonyl (C=O) groups is 2. The Hall–Kier alpha value is -2.31. The summed E-state index contributed by atoms with van der Waals surface area (Å²) in [5.74, 6) is 0.664. The van der Waals surface area contributed by atoms with Crippen molar-refractivity contribution in [3.05, 3.63) is 24.5 Å². The monoisotopic (exact) mass is 303 g/mol. The number of nitrogens with zero attached hydrogens (tertiary/aromatic N) is 2.